The first-order chi connectivity index (χ1) is 16.2. The molecule has 3 rings (SSSR count). The van der Waals surface area contributed by atoms with Crippen LogP contribution in [0.1, 0.15) is 44.2 Å². The third kappa shape index (κ3) is 6.69. The summed E-state index contributed by atoms with van der Waals surface area (Å²) >= 11 is 0. The van der Waals surface area contributed by atoms with Crippen LogP contribution in [0, 0.1) is 5.92 Å². The lowest BCUT2D eigenvalue weighted by Gasteiger charge is -2.36. The number of allylic oxidation sites excluding steroid dienone is 3. The number of hydrogen-bond acceptors (Lipinski definition) is 3. The lowest BCUT2D eigenvalue weighted by molar-refractivity contribution is 0.177. The minimum absolute atomic E-state index is 0.325. The second-order valence-electron chi connectivity index (χ2n) is 8.53. The van der Waals surface area contributed by atoms with Gasteiger partial charge >= 0.3 is 0 Å². The molecule has 1 unspecified atom stereocenters. The maximum absolute atomic E-state index is 5.75. The molecule has 0 saturated heterocycles. The topological polar surface area (TPSA) is 21.7 Å². The molecule has 2 aromatic rings. The molecule has 1 aliphatic rings. The minimum atomic E-state index is 0.325. The predicted molar refractivity (Wildman–Crippen MR) is 140 cm³/mol. The van der Waals surface area contributed by atoms with Crippen molar-refractivity contribution in [1.29, 1.82) is 0 Å². The monoisotopic (exact) mass is 445 g/mol. The van der Waals surface area contributed by atoms with Gasteiger partial charge in [0.05, 0.1) is 13.2 Å². The van der Waals surface area contributed by atoms with Crippen LogP contribution in [0.2, 0.25) is 0 Å². The Morgan fingerprint density at radius 3 is 2.00 bits per heavy atom. The zero-order valence-corrected chi connectivity index (χ0v) is 20.7. The molecule has 0 radical (unpaired) electrons. The highest BCUT2D eigenvalue weighted by atomic mass is 16.5. The fourth-order valence-corrected chi connectivity index (χ4v) is 4.77. The van der Waals surface area contributed by atoms with E-state index in [2.05, 4.69) is 98.7 Å². The molecule has 1 aliphatic carbocycles. The minimum Gasteiger partial charge on any atom is -0.380 e. The Morgan fingerprint density at radius 2 is 1.42 bits per heavy atom. The molecule has 0 saturated carbocycles. The van der Waals surface area contributed by atoms with Gasteiger partial charge in [0.1, 0.15) is 0 Å². The maximum atomic E-state index is 5.75. The summed E-state index contributed by atoms with van der Waals surface area (Å²) in [4.78, 5) is 2.33. The summed E-state index contributed by atoms with van der Waals surface area (Å²) in [7, 11) is 4.37. The lowest BCUT2D eigenvalue weighted by atomic mass is 9.76. The Hall–Kier alpha value is -2.62. The Labute approximate surface area is 200 Å². The molecule has 176 valence electrons. The fraction of sp³-hybridized carbons (Fsp3) is 0.400. The van der Waals surface area contributed by atoms with Gasteiger partial charge < -0.3 is 14.4 Å². The molecular weight excluding hydrogens is 406 g/mol. The van der Waals surface area contributed by atoms with Crippen molar-refractivity contribution in [3.8, 4) is 0 Å². The summed E-state index contributed by atoms with van der Waals surface area (Å²) in [6, 6.07) is 21.5. The average Bonchev–Trinajstić information content (AvgIpc) is 2.85. The van der Waals surface area contributed by atoms with Gasteiger partial charge in [0, 0.05) is 38.9 Å². The first-order valence-electron chi connectivity index (χ1n) is 12.2. The highest BCUT2D eigenvalue weighted by Crippen LogP contribution is 2.44. The predicted octanol–water partition coefficient (Wildman–Crippen LogP) is 6.84. The number of nitrogens with zero attached hydrogens (tertiary/aromatic N) is 1. The van der Waals surface area contributed by atoms with Crippen LogP contribution in [0.25, 0.3) is 11.1 Å². The van der Waals surface area contributed by atoms with E-state index in [-0.39, 0.29) is 0 Å². The normalized spacial score (nSPS) is 17.4. The molecule has 0 aromatic heterocycles. The zero-order valence-electron chi connectivity index (χ0n) is 20.7. The van der Waals surface area contributed by atoms with Crippen molar-refractivity contribution in [1.82, 2.24) is 4.90 Å². The average molecular weight is 446 g/mol. The number of ether oxygens (including phenoxy) is 2. The van der Waals surface area contributed by atoms with Gasteiger partial charge in [0.2, 0.25) is 0 Å². The van der Waals surface area contributed by atoms with Crippen molar-refractivity contribution in [2.24, 2.45) is 5.92 Å². The Morgan fingerprint density at radius 1 is 0.848 bits per heavy atom. The molecule has 0 fully saturated rings. The van der Waals surface area contributed by atoms with Crippen LogP contribution >= 0.6 is 0 Å². The van der Waals surface area contributed by atoms with Gasteiger partial charge in [-0.2, -0.15) is 0 Å². The molecule has 0 N–H and O–H groups in total. The molecule has 0 spiro atoms. The first kappa shape index (κ1) is 25.0. The summed E-state index contributed by atoms with van der Waals surface area (Å²) in [5.74, 6) is 0.325. The molecule has 3 nitrogen and oxygen atoms in total. The largest absolute Gasteiger partial charge is 0.380 e. The number of rotatable bonds is 11. The highest BCUT2D eigenvalue weighted by Gasteiger charge is 2.30. The third-order valence-electron chi connectivity index (χ3n) is 6.17. The second kappa shape index (κ2) is 13.2. The van der Waals surface area contributed by atoms with Gasteiger partial charge in [0.15, 0.2) is 0 Å². The van der Waals surface area contributed by atoms with E-state index in [1.54, 1.807) is 0 Å². The Balaban J connectivity index is 2.13. The Kier molecular flexibility index (Phi) is 9.99. The van der Waals surface area contributed by atoms with E-state index in [0.717, 1.165) is 32.5 Å². The van der Waals surface area contributed by atoms with E-state index < -0.39 is 0 Å². The second-order valence-corrected chi connectivity index (χ2v) is 8.53. The van der Waals surface area contributed by atoms with E-state index in [1.165, 1.54) is 33.5 Å². The van der Waals surface area contributed by atoms with Gasteiger partial charge in [-0.3, -0.25) is 0 Å². The van der Waals surface area contributed by atoms with Crippen LogP contribution in [0.15, 0.2) is 84.1 Å². The van der Waals surface area contributed by atoms with Crippen LogP contribution in [0.3, 0.4) is 0 Å². The third-order valence-corrected chi connectivity index (χ3v) is 6.17. The molecule has 0 heterocycles. The summed E-state index contributed by atoms with van der Waals surface area (Å²) in [5, 5.41) is 0. The first-order valence-corrected chi connectivity index (χ1v) is 12.2. The van der Waals surface area contributed by atoms with Crippen molar-refractivity contribution >= 4 is 11.1 Å². The number of benzene rings is 2. The van der Waals surface area contributed by atoms with Crippen LogP contribution in [-0.4, -0.2) is 45.4 Å². The van der Waals surface area contributed by atoms with Crippen molar-refractivity contribution in [2.45, 2.75) is 33.1 Å². The fourth-order valence-electron chi connectivity index (χ4n) is 4.77. The zero-order chi connectivity index (χ0) is 23.5. The molecule has 33 heavy (non-hydrogen) atoms. The highest BCUT2D eigenvalue weighted by molar-refractivity contribution is 5.82. The van der Waals surface area contributed by atoms with Crippen molar-refractivity contribution in [3.05, 3.63) is 95.2 Å². The molecule has 2 aromatic carbocycles. The van der Waals surface area contributed by atoms with E-state index in [4.69, 9.17) is 9.47 Å². The lowest BCUT2D eigenvalue weighted by Crippen LogP contribution is -2.26. The van der Waals surface area contributed by atoms with Crippen molar-refractivity contribution in [3.63, 3.8) is 0 Å². The van der Waals surface area contributed by atoms with Crippen LogP contribution in [0.4, 0.5) is 0 Å². The van der Waals surface area contributed by atoms with Gasteiger partial charge in [-0.05, 0) is 61.0 Å². The molecule has 0 amide bonds. The van der Waals surface area contributed by atoms with Crippen molar-refractivity contribution in [2.75, 3.05) is 40.5 Å². The van der Waals surface area contributed by atoms with Gasteiger partial charge in [0.25, 0.3) is 0 Å². The standard InChI is InChI=1S/C30H39NO2/c1-5-32-22-20-26(24-14-9-7-10-15-24)28-18-13-19-29(30(28)31(3)4)27(21-23-33-6-2)25-16-11-8-12-17-25/h7-12,14-17,20-21,28H,5-6,13,18-19,22-23H2,1-4H3/b26-20-,27-21+. The quantitative estimate of drug-likeness (QED) is 0.353. The van der Waals surface area contributed by atoms with E-state index in [9.17, 15) is 0 Å². The van der Waals surface area contributed by atoms with Gasteiger partial charge in [-0.1, -0.05) is 72.8 Å². The summed E-state index contributed by atoms with van der Waals surface area (Å²) in [5.41, 5.74) is 8.03. The SMILES string of the molecule is CCOC/C=C(/C1=C(N(C)C)C(/C(=C\COCC)c2ccccc2)CCC1)c1ccccc1. The van der Waals surface area contributed by atoms with E-state index >= 15 is 0 Å². The molecule has 0 bridgehead atoms. The van der Waals surface area contributed by atoms with Crippen LogP contribution in [-0.2, 0) is 9.47 Å². The summed E-state index contributed by atoms with van der Waals surface area (Å²) in [6.45, 7) is 6.81. The maximum Gasteiger partial charge on any atom is 0.0656 e. The van der Waals surface area contributed by atoms with E-state index in [1.807, 2.05) is 6.92 Å². The van der Waals surface area contributed by atoms with Crippen LogP contribution in [0.5, 0.6) is 0 Å². The van der Waals surface area contributed by atoms with Crippen LogP contribution < -0.4 is 0 Å². The number of hydrogen-bond donors (Lipinski definition) is 0. The van der Waals surface area contributed by atoms with Gasteiger partial charge in [-0.25, -0.2) is 0 Å². The molecule has 1 atom stereocenters. The molecule has 0 aliphatic heterocycles. The van der Waals surface area contributed by atoms with E-state index in [0.29, 0.717) is 19.1 Å². The van der Waals surface area contributed by atoms with Crippen molar-refractivity contribution < 1.29 is 9.47 Å². The molecular formula is C30H39NO2. The summed E-state index contributed by atoms with van der Waals surface area (Å²) in [6.07, 6.45) is 7.94. The smallest absolute Gasteiger partial charge is 0.0656 e. The Bertz CT molecular complexity index is 942. The summed E-state index contributed by atoms with van der Waals surface area (Å²) < 4.78 is 11.5. The molecule has 3 heteroatoms. The van der Waals surface area contributed by atoms with Gasteiger partial charge in [-0.15, -0.1) is 0 Å².